The van der Waals surface area contributed by atoms with Gasteiger partial charge in [-0.1, -0.05) is 23.7 Å². The Morgan fingerprint density at radius 2 is 2.05 bits per heavy atom. The maximum Gasteiger partial charge on any atom is 0.152 e. The van der Waals surface area contributed by atoms with Crippen molar-refractivity contribution in [2.45, 2.75) is 18.9 Å². The Kier molecular flexibility index (Phi) is 4.36. The second-order valence-corrected chi connectivity index (χ2v) is 6.50. The van der Waals surface area contributed by atoms with Gasteiger partial charge in [-0.25, -0.2) is 4.98 Å². The first-order valence-corrected chi connectivity index (χ1v) is 8.06. The minimum absolute atomic E-state index is 0.254. The van der Waals surface area contributed by atoms with E-state index in [0.717, 1.165) is 15.9 Å². The summed E-state index contributed by atoms with van der Waals surface area (Å²) < 4.78 is 6.14. The number of methoxy groups -OCH3 is 1. The van der Waals surface area contributed by atoms with Crippen LogP contribution >= 0.6 is 27.5 Å². The van der Waals surface area contributed by atoms with Crippen molar-refractivity contribution in [1.82, 2.24) is 4.98 Å². The summed E-state index contributed by atoms with van der Waals surface area (Å²) in [6.07, 6.45) is 4.18. The SMILES string of the molecule is COc1ccc(C(Nc2cc(Br)cnc2Cl)C2CC2)cc1. The molecule has 1 aliphatic carbocycles. The average Bonchev–Trinajstić information content (AvgIpc) is 3.33. The number of benzene rings is 1. The van der Waals surface area contributed by atoms with Crippen LogP contribution in [0.2, 0.25) is 5.15 Å². The Morgan fingerprint density at radius 1 is 1.33 bits per heavy atom. The first kappa shape index (κ1) is 14.7. The number of aromatic nitrogens is 1. The van der Waals surface area contributed by atoms with Crippen LogP contribution in [0.5, 0.6) is 5.75 Å². The molecule has 0 saturated heterocycles. The molecule has 1 saturated carbocycles. The molecular weight excluding hydrogens is 352 g/mol. The van der Waals surface area contributed by atoms with Crippen LogP contribution in [-0.2, 0) is 0 Å². The van der Waals surface area contributed by atoms with Crippen LogP contribution in [-0.4, -0.2) is 12.1 Å². The summed E-state index contributed by atoms with van der Waals surface area (Å²) in [6, 6.07) is 10.4. The van der Waals surface area contributed by atoms with Gasteiger partial charge in [0, 0.05) is 10.7 Å². The fraction of sp³-hybridized carbons (Fsp3) is 0.312. The van der Waals surface area contributed by atoms with E-state index in [1.54, 1.807) is 13.3 Å². The highest BCUT2D eigenvalue weighted by atomic mass is 79.9. The van der Waals surface area contributed by atoms with E-state index in [9.17, 15) is 0 Å². The molecule has 21 heavy (non-hydrogen) atoms. The summed E-state index contributed by atoms with van der Waals surface area (Å²) in [5.41, 5.74) is 2.10. The Morgan fingerprint density at radius 3 is 2.67 bits per heavy atom. The van der Waals surface area contributed by atoms with Crippen molar-refractivity contribution in [3.05, 3.63) is 51.7 Å². The van der Waals surface area contributed by atoms with Crippen molar-refractivity contribution < 1.29 is 4.74 Å². The van der Waals surface area contributed by atoms with Crippen LogP contribution in [0.25, 0.3) is 0 Å². The predicted molar refractivity (Wildman–Crippen MR) is 89.0 cm³/mol. The third-order valence-electron chi connectivity index (χ3n) is 3.69. The quantitative estimate of drug-likeness (QED) is 0.749. The largest absolute Gasteiger partial charge is 0.497 e. The van der Waals surface area contributed by atoms with E-state index < -0.39 is 0 Å². The molecule has 110 valence electrons. The van der Waals surface area contributed by atoms with Crippen LogP contribution in [0.3, 0.4) is 0 Å². The Bertz CT molecular complexity index is 629. The number of rotatable bonds is 5. The molecule has 1 N–H and O–H groups in total. The normalized spacial score (nSPS) is 15.6. The molecule has 0 aliphatic heterocycles. The highest BCUT2D eigenvalue weighted by Crippen LogP contribution is 2.44. The lowest BCUT2D eigenvalue weighted by Crippen LogP contribution is -2.13. The van der Waals surface area contributed by atoms with Crippen molar-refractivity contribution in [3.63, 3.8) is 0 Å². The van der Waals surface area contributed by atoms with Crippen molar-refractivity contribution in [2.24, 2.45) is 5.92 Å². The molecule has 2 aromatic rings. The number of pyridine rings is 1. The Hall–Kier alpha value is -1.26. The van der Waals surface area contributed by atoms with Crippen LogP contribution in [0.15, 0.2) is 41.0 Å². The van der Waals surface area contributed by atoms with E-state index in [2.05, 4.69) is 38.4 Å². The fourth-order valence-electron chi connectivity index (χ4n) is 2.41. The lowest BCUT2D eigenvalue weighted by atomic mass is 10.0. The number of ether oxygens (including phenoxy) is 1. The summed E-state index contributed by atoms with van der Waals surface area (Å²) >= 11 is 9.62. The molecule has 1 aromatic heterocycles. The maximum atomic E-state index is 6.19. The van der Waals surface area contributed by atoms with Crippen LogP contribution in [0.1, 0.15) is 24.4 Å². The molecule has 1 heterocycles. The fourth-order valence-corrected chi connectivity index (χ4v) is 2.89. The van der Waals surface area contributed by atoms with E-state index in [4.69, 9.17) is 16.3 Å². The Labute approximate surface area is 137 Å². The average molecular weight is 368 g/mol. The van der Waals surface area contributed by atoms with Gasteiger partial charge in [0.05, 0.1) is 18.8 Å². The van der Waals surface area contributed by atoms with Gasteiger partial charge < -0.3 is 10.1 Å². The standard InChI is InChI=1S/C16H16BrClN2O/c1-21-13-6-4-11(5-7-13)15(10-2-3-10)20-14-8-12(17)9-19-16(14)18/h4-10,15,20H,2-3H2,1H3. The molecule has 1 fully saturated rings. The first-order chi connectivity index (χ1) is 10.2. The van der Waals surface area contributed by atoms with Crippen molar-refractivity contribution in [3.8, 4) is 5.75 Å². The van der Waals surface area contributed by atoms with E-state index in [1.807, 2.05) is 18.2 Å². The molecule has 3 nitrogen and oxygen atoms in total. The third-order valence-corrected chi connectivity index (χ3v) is 4.42. The molecular formula is C16H16BrClN2O. The van der Waals surface area contributed by atoms with Crippen LogP contribution in [0.4, 0.5) is 5.69 Å². The monoisotopic (exact) mass is 366 g/mol. The van der Waals surface area contributed by atoms with Crippen molar-refractivity contribution in [2.75, 3.05) is 12.4 Å². The molecule has 1 aromatic carbocycles. The number of nitrogens with one attached hydrogen (secondary N) is 1. The van der Waals surface area contributed by atoms with Gasteiger partial charge in [-0.15, -0.1) is 0 Å². The highest BCUT2D eigenvalue weighted by molar-refractivity contribution is 9.10. The summed E-state index contributed by atoms with van der Waals surface area (Å²) in [5, 5.41) is 4.04. The summed E-state index contributed by atoms with van der Waals surface area (Å²) in [7, 11) is 1.68. The second kappa shape index (κ2) is 6.24. The van der Waals surface area contributed by atoms with Crippen LogP contribution < -0.4 is 10.1 Å². The Balaban J connectivity index is 1.86. The molecule has 1 aliphatic rings. The van der Waals surface area contributed by atoms with E-state index >= 15 is 0 Å². The van der Waals surface area contributed by atoms with Gasteiger partial charge in [0.1, 0.15) is 5.75 Å². The zero-order valence-corrected chi connectivity index (χ0v) is 14.0. The minimum Gasteiger partial charge on any atom is -0.497 e. The van der Waals surface area contributed by atoms with Gasteiger partial charge in [-0.05, 0) is 58.5 Å². The van der Waals surface area contributed by atoms with Crippen LogP contribution in [0, 0.1) is 5.92 Å². The number of hydrogen-bond acceptors (Lipinski definition) is 3. The number of anilines is 1. The van der Waals surface area contributed by atoms with Gasteiger partial charge in [0.2, 0.25) is 0 Å². The topological polar surface area (TPSA) is 34.1 Å². The number of hydrogen-bond donors (Lipinski definition) is 1. The molecule has 0 spiro atoms. The number of halogens is 2. The van der Waals surface area contributed by atoms with Gasteiger partial charge in [0.15, 0.2) is 5.15 Å². The van der Waals surface area contributed by atoms with E-state index in [-0.39, 0.29) is 6.04 Å². The van der Waals surface area contributed by atoms with E-state index in [0.29, 0.717) is 11.1 Å². The summed E-state index contributed by atoms with van der Waals surface area (Å²) in [5.74, 6) is 1.52. The van der Waals surface area contributed by atoms with Gasteiger partial charge in [-0.3, -0.25) is 0 Å². The predicted octanol–water partition coefficient (Wildman–Crippen LogP) is 5.07. The van der Waals surface area contributed by atoms with Gasteiger partial charge in [-0.2, -0.15) is 0 Å². The summed E-state index contributed by atoms with van der Waals surface area (Å²) in [6.45, 7) is 0. The van der Waals surface area contributed by atoms with Crippen molar-refractivity contribution in [1.29, 1.82) is 0 Å². The molecule has 0 amide bonds. The van der Waals surface area contributed by atoms with E-state index in [1.165, 1.54) is 18.4 Å². The zero-order valence-electron chi connectivity index (χ0n) is 11.6. The lowest BCUT2D eigenvalue weighted by molar-refractivity contribution is 0.414. The second-order valence-electron chi connectivity index (χ2n) is 5.22. The molecule has 1 atom stereocenters. The maximum absolute atomic E-state index is 6.19. The smallest absolute Gasteiger partial charge is 0.152 e. The van der Waals surface area contributed by atoms with Gasteiger partial charge >= 0.3 is 0 Å². The van der Waals surface area contributed by atoms with Gasteiger partial charge in [0.25, 0.3) is 0 Å². The first-order valence-electron chi connectivity index (χ1n) is 6.89. The minimum atomic E-state index is 0.254. The zero-order chi connectivity index (χ0) is 14.8. The number of nitrogens with zero attached hydrogens (tertiary/aromatic N) is 1. The highest BCUT2D eigenvalue weighted by Gasteiger charge is 2.32. The lowest BCUT2D eigenvalue weighted by Gasteiger charge is -2.21. The third kappa shape index (κ3) is 3.50. The molecule has 0 radical (unpaired) electrons. The molecule has 1 unspecified atom stereocenters. The molecule has 3 rings (SSSR count). The summed E-state index contributed by atoms with van der Waals surface area (Å²) in [4.78, 5) is 4.17. The molecule has 0 bridgehead atoms. The molecule has 5 heteroatoms. The van der Waals surface area contributed by atoms with Crippen molar-refractivity contribution >= 4 is 33.2 Å².